The molecule has 2 heterocycles. The van der Waals surface area contributed by atoms with Crippen molar-refractivity contribution in [3.8, 4) is 16.6 Å². The van der Waals surface area contributed by atoms with E-state index in [0.717, 1.165) is 23.3 Å². The van der Waals surface area contributed by atoms with Gasteiger partial charge in [0.2, 0.25) is 0 Å². The average Bonchev–Trinajstić information content (AvgIpc) is 3.23. The van der Waals surface area contributed by atoms with E-state index >= 15 is 0 Å². The van der Waals surface area contributed by atoms with Gasteiger partial charge in [0.1, 0.15) is 6.04 Å². The summed E-state index contributed by atoms with van der Waals surface area (Å²) in [6, 6.07) is 9.62. The van der Waals surface area contributed by atoms with E-state index in [4.69, 9.17) is 5.26 Å². The molecule has 1 atom stereocenters. The van der Waals surface area contributed by atoms with Gasteiger partial charge in [0.05, 0.1) is 4.88 Å². The Morgan fingerprint density at radius 1 is 1.45 bits per heavy atom. The molecule has 0 unspecified atom stereocenters. The van der Waals surface area contributed by atoms with Crippen LogP contribution in [-0.2, 0) is 4.79 Å². The molecule has 1 fully saturated rings. The van der Waals surface area contributed by atoms with Gasteiger partial charge in [0, 0.05) is 19.8 Å². The van der Waals surface area contributed by atoms with E-state index in [2.05, 4.69) is 11.2 Å². The first kappa shape index (κ1) is 14.5. The molecule has 1 aliphatic rings. The number of amides is 1. The highest BCUT2D eigenvalue weighted by Crippen LogP contribution is 2.31. The SMILES string of the molecule is CN(C(=O)[C@@H]1CCCN1C#N)c1ncc(-c2ccccc2)s1. The van der Waals surface area contributed by atoms with E-state index in [1.807, 2.05) is 30.3 Å². The monoisotopic (exact) mass is 312 g/mol. The molecule has 6 heteroatoms. The van der Waals surface area contributed by atoms with Crippen molar-refractivity contribution in [2.75, 3.05) is 18.5 Å². The van der Waals surface area contributed by atoms with Crippen molar-refractivity contribution in [1.82, 2.24) is 9.88 Å². The van der Waals surface area contributed by atoms with Crippen molar-refractivity contribution in [1.29, 1.82) is 5.26 Å². The van der Waals surface area contributed by atoms with Crippen LogP contribution in [0.5, 0.6) is 0 Å². The molecule has 112 valence electrons. The summed E-state index contributed by atoms with van der Waals surface area (Å²) in [4.78, 5) is 21.1. The van der Waals surface area contributed by atoms with Crippen LogP contribution in [0.4, 0.5) is 5.13 Å². The first-order chi connectivity index (χ1) is 10.7. The molecule has 22 heavy (non-hydrogen) atoms. The third-order valence-corrected chi connectivity index (χ3v) is 4.96. The molecular formula is C16H16N4OS. The number of nitrogens with zero attached hydrogens (tertiary/aromatic N) is 4. The zero-order valence-electron chi connectivity index (χ0n) is 12.3. The van der Waals surface area contributed by atoms with Crippen LogP contribution in [0, 0.1) is 11.5 Å². The Morgan fingerprint density at radius 3 is 2.95 bits per heavy atom. The van der Waals surface area contributed by atoms with Crippen molar-refractivity contribution in [3.63, 3.8) is 0 Å². The number of likely N-dealkylation sites (N-methyl/N-ethyl adjacent to an activating group) is 1. The second-order valence-electron chi connectivity index (χ2n) is 5.22. The van der Waals surface area contributed by atoms with Crippen molar-refractivity contribution in [3.05, 3.63) is 36.5 Å². The summed E-state index contributed by atoms with van der Waals surface area (Å²) < 4.78 is 0. The van der Waals surface area contributed by atoms with Gasteiger partial charge in [-0.1, -0.05) is 41.7 Å². The van der Waals surface area contributed by atoms with Crippen molar-refractivity contribution in [2.24, 2.45) is 0 Å². The van der Waals surface area contributed by atoms with Gasteiger partial charge >= 0.3 is 0 Å². The quantitative estimate of drug-likeness (QED) is 0.818. The molecule has 1 amide bonds. The van der Waals surface area contributed by atoms with E-state index in [1.165, 1.54) is 11.3 Å². The largest absolute Gasteiger partial charge is 0.298 e. The van der Waals surface area contributed by atoms with E-state index in [1.54, 1.807) is 23.0 Å². The number of aromatic nitrogens is 1. The fourth-order valence-electron chi connectivity index (χ4n) is 2.62. The second-order valence-corrected chi connectivity index (χ2v) is 6.23. The minimum absolute atomic E-state index is 0.0620. The summed E-state index contributed by atoms with van der Waals surface area (Å²) in [5.41, 5.74) is 1.09. The summed E-state index contributed by atoms with van der Waals surface area (Å²) in [7, 11) is 1.73. The maximum Gasteiger partial charge on any atom is 0.251 e. The number of anilines is 1. The number of rotatable bonds is 3. The normalized spacial score (nSPS) is 17.3. The lowest BCUT2D eigenvalue weighted by molar-refractivity contribution is -0.121. The molecule has 0 radical (unpaired) electrons. The predicted molar refractivity (Wildman–Crippen MR) is 86.3 cm³/mol. The molecule has 0 N–H and O–H groups in total. The highest BCUT2D eigenvalue weighted by molar-refractivity contribution is 7.19. The number of benzene rings is 1. The van der Waals surface area contributed by atoms with Gasteiger partial charge in [-0.2, -0.15) is 5.26 Å². The first-order valence-corrected chi connectivity index (χ1v) is 7.97. The Labute approximate surface area is 133 Å². The molecule has 0 bridgehead atoms. The van der Waals surface area contributed by atoms with Crippen LogP contribution in [-0.4, -0.2) is 35.4 Å². The van der Waals surface area contributed by atoms with E-state index < -0.39 is 0 Å². The fraction of sp³-hybridized carbons (Fsp3) is 0.312. The molecule has 1 aliphatic heterocycles. The van der Waals surface area contributed by atoms with E-state index in [9.17, 15) is 4.79 Å². The topological polar surface area (TPSA) is 60.2 Å². The summed E-state index contributed by atoms with van der Waals surface area (Å²) >= 11 is 1.48. The highest BCUT2D eigenvalue weighted by atomic mass is 32.1. The lowest BCUT2D eigenvalue weighted by Crippen LogP contribution is -2.42. The molecule has 3 rings (SSSR count). The summed E-state index contributed by atoms with van der Waals surface area (Å²) in [6.45, 7) is 0.661. The molecule has 1 aromatic carbocycles. The first-order valence-electron chi connectivity index (χ1n) is 7.16. The van der Waals surface area contributed by atoms with E-state index in [0.29, 0.717) is 11.7 Å². The third-order valence-electron chi connectivity index (χ3n) is 3.84. The zero-order chi connectivity index (χ0) is 15.5. The maximum absolute atomic E-state index is 12.6. The number of likely N-dealkylation sites (tertiary alicyclic amines) is 1. The van der Waals surface area contributed by atoms with Gasteiger partial charge in [0.15, 0.2) is 11.3 Å². The number of carbonyl (C=O) groups is 1. The lowest BCUT2D eigenvalue weighted by Gasteiger charge is -2.22. The molecule has 1 saturated heterocycles. The summed E-state index contributed by atoms with van der Waals surface area (Å²) in [6.07, 6.45) is 5.50. The smallest absolute Gasteiger partial charge is 0.251 e. The minimum atomic E-state index is -0.348. The molecule has 0 saturated carbocycles. The van der Waals surface area contributed by atoms with Crippen LogP contribution in [0.3, 0.4) is 0 Å². The van der Waals surface area contributed by atoms with Crippen molar-refractivity contribution < 1.29 is 4.79 Å². The number of hydrogen-bond acceptors (Lipinski definition) is 5. The maximum atomic E-state index is 12.6. The van der Waals surface area contributed by atoms with Crippen LogP contribution in [0.15, 0.2) is 36.5 Å². The Kier molecular flexibility index (Phi) is 4.07. The Balaban J connectivity index is 1.78. The number of nitriles is 1. The molecule has 1 aromatic heterocycles. The van der Waals surface area contributed by atoms with Gasteiger partial charge in [-0.3, -0.25) is 14.6 Å². The zero-order valence-corrected chi connectivity index (χ0v) is 13.1. The van der Waals surface area contributed by atoms with Crippen LogP contribution < -0.4 is 4.90 Å². The Morgan fingerprint density at radius 2 is 2.23 bits per heavy atom. The minimum Gasteiger partial charge on any atom is -0.298 e. The molecule has 2 aromatic rings. The van der Waals surface area contributed by atoms with Crippen LogP contribution in [0.1, 0.15) is 12.8 Å². The van der Waals surface area contributed by atoms with Crippen LogP contribution >= 0.6 is 11.3 Å². The van der Waals surface area contributed by atoms with Gasteiger partial charge < -0.3 is 0 Å². The predicted octanol–water partition coefficient (Wildman–Crippen LogP) is 2.72. The fourth-order valence-corrected chi connectivity index (χ4v) is 3.51. The Hall–Kier alpha value is -2.39. The van der Waals surface area contributed by atoms with Gasteiger partial charge in [0.25, 0.3) is 5.91 Å². The lowest BCUT2D eigenvalue weighted by atomic mass is 10.2. The summed E-state index contributed by atoms with van der Waals surface area (Å²) in [5, 5.41) is 9.74. The number of hydrogen-bond donors (Lipinski definition) is 0. The van der Waals surface area contributed by atoms with Crippen molar-refractivity contribution >= 4 is 22.4 Å². The molecule has 5 nitrogen and oxygen atoms in total. The summed E-state index contributed by atoms with van der Waals surface area (Å²) in [5.74, 6) is -0.0620. The van der Waals surface area contributed by atoms with Gasteiger partial charge in [-0.25, -0.2) is 4.98 Å². The molecular weight excluding hydrogens is 296 g/mol. The van der Waals surface area contributed by atoms with Gasteiger partial charge in [-0.15, -0.1) is 0 Å². The Bertz CT molecular complexity index is 706. The molecule has 0 spiro atoms. The van der Waals surface area contributed by atoms with Crippen molar-refractivity contribution in [2.45, 2.75) is 18.9 Å². The number of thiazole rings is 1. The number of carbonyl (C=O) groups excluding carboxylic acids is 1. The van der Waals surface area contributed by atoms with Gasteiger partial charge in [-0.05, 0) is 18.4 Å². The van der Waals surface area contributed by atoms with E-state index in [-0.39, 0.29) is 11.9 Å². The highest BCUT2D eigenvalue weighted by Gasteiger charge is 2.33. The molecule has 0 aliphatic carbocycles. The van der Waals surface area contributed by atoms with Crippen LogP contribution in [0.25, 0.3) is 10.4 Å². The second kappa shape index (κ2) is 6.16. The van der Waals surface area contributed by atoms with Crippen LogP contribution in [0.2, 0.25) is 0 Å². The third kappa shape index (κ3) is 2.68. The standard InChI is InChI=1S/C16H16N4OS/c1-19(15(21)13-8-5-9-20(13)11-17)16-18-10-14(22-16)12-6-3-2-4-7-12/h2-4,6-7,10,13H,5,8-9H2,1H3/t13-/m0/s1. The average molecular weight is 312 g/mol.